The van der Waals surface area contributed by atoms with E-state index in [2.05, 4.69) is 41.6 Å². The number of nitrogens with zero attached hydrogens (tertiary/aromatic N) is 4. The number of carbonyl (C=O) groups is 2. The van der Waals surface area contributed by atoms with Crippen molar-refractivity contribution < 1.29 is 9.59 Å². The van der Waals surface area contributed by atoms with Gasteiger partial charge in [0.25, 0.3) is 11.8 Å². The van der Waals surface area contributed by atoms with Gasteiger partial charge in [-0.2, -0.15) is 0 Å². The number of para-hydroxylation sites is 1. The minimum absolute atomic E-state index is 0.0406. The lowest BCUT2D eigenvalue weighted by atomic mass is 9.98. The maximum absolute atomic E-state index is 14.0. The molecule has 0 bridgehead atoms. The van der Waals surface area contributed by atoms with Crippen molar-refractivity contribution >= 4 is 17.5 Å². The van der Waals surface area contributed by atoms with E-state index in [1.807, 2.05) is 83.6 Å². The number of piperidine rings is 1. The molecule has 2 aliphatic rings. The molecule has 0 aliphatic carbocycles. The number of rotatable bonds is 4. The van der Waals surface area contributed by atoms with Crippen LogP contribution >= 0.6 is 0 Å². The number of likely N-dealkylation sites (tertiary alicyclic amines) is 1. The second kappa shape index (κ2) is 10.8. The summed E-state index contributed by atoms with van der Waals surface area (Å²) in [5.41, 5.74) is 7.55. The van der Waals surface area contributed by atoms with Crippen LogP contribution in [0.15, 0.2) is 84.9 Å². The van der Waals surface area contributed by atoms with E-state index in [1.165, 1.54) is 0 Å². The predicted molar refractivity (Wildman–Crippen MR) is 160 cm³/mol. The second-order valence-corrected chi connectivity index (χ2v) is 11.2. The van der Waals surface area contributed by atoms with Crippen LogP contribution in [0, 0.1) is 6.92 Å². The third kappa shape index (κ3) is 4.84. The monoisotopic (exact) mass is 532 g/mol. The van der Waals surface area contributed by atoms with Crippen LogP contribution < -0.4 is 4.90 Å². The highest BCUT2D eigenvalue weighted by Crippen LogP contribution is 2.32. The van der Waals surface area contributed by atoms with Crippen LogP contribution in [0.3, 0.4) is 0 Å². The Labute approximate surface area is 236 Å². The van der Waals surface area contributed by atoms with E-state index in [4.69, 9.17) is 0 Å². The minimum Gasteiger partial charge on any atom is -0.337 e. The number of anilines is 1. The fraction of sp³-hybridized carbons (Fsp3) is 0.294. The van der Waals surface area contributed by atoms with Gasteiger partial charge in [0, 0.05) is 30.0 Å². The number of benzene rings is 3. The smallest absolute Gasteiger partial charge is 0.270 e. The van der Waals surface area contributed by atoms with Crippen molar-refractivity contribution in [2.24, 2.45) is 0 Å². The molecule has 1 saturated heterocycles. The number of aromatic nitrogens is 1. The summed E-state index contributed by atoms with van der Waals surface area (Å²) in [4.78, 5) is 33.9. The molecule has 6 nitrogen and oxygen atoms in total. The number of fused-ring (bicyclic) bond motifs is 2. The normalized spacial score (nSPS) is 15.7. The average molecular weight is 533 g/mol. The van der Waals surface area contributed by atoms with Crippen LogP contribution in [-0.4, -0.2) is 59.4 Å². The summed E-state index contributed by atoms with van der Waals surface area (Å²) < 4.78 is 2.10. The topological polar surface area (TPSA) is 48.8 Å². The number of aryl methyl sites for hydroxylation is 1. The highest BCUT2D eigenvalue weighted by atomic mass is 16.2. The lowest BCUT2D eigenvalue weighted by Crippen LogP contribution is -2.45. The number of hydrogen-bond donors (Lipinski definition) is 0. The van der Waals surface area contributed by atoms with Gasteiger partial charge in [-0.3, -0.25) is 9.59 Å². The molecule has 3 aromatic carbocycles. The predicted octanol–water partition coefficient (Wildman–Crippen LogP) is 5.84. The number of carbonyl (C=O) groups excluding carboxylic acids is 2. The van der Waals surface area contributed by atoms with Crippen molar-refractivity contribution in [1.82, 2.24) is 14.4 Å². The highest BCUT2D eigenvalue weighted by molar-refractivity contribution is 6.07. The summed E-state index contributed by atoms with van der Waals surface area (Å²) in [5, 5.41) is 0. The Hall–Kier alpha value is -4.16. The zero-order valence-corrected chi connectivity index (χ0v) is 23.5. The molecule has 1 fully saturated rings. The molecule has 0 unspecified atom stereocenters. The standard InChI is InChI=1S/C34H36N4O2/c1-24-21-26(13-15-30(24)25-9-5-4-6-10-25)33(39)38-23-29-14-16-32(37(29)22-27-11-7-8-12-31(27)38)34(40)36(3)28-17-19-35(2)20-18-28/h4-16,21,28H,17-20,22-23H2,1-3H3. The molecule has 0 spiro atoms. The molecule has 2 aliphatic heterocycles. The average Bonchev–Trinajstić information content (AvgIpc) is 3.29. The van der Waals surface area contributed by atoms with E-state index < -0.39 is 0 Å². The van der Waals surface area contributed by atoms with Crippen molar-refractivity contribution in [3.05, 3.63) is 113 Å². The van der Waals surface area contributed by atoms with Gasteiger partial charge < -0.3 is 19.3 Å². The largest absolute Gasteiger partial charge is 0.337 e. The molecule has 1 aromatic heterocycles. The summed E-state index contributed by atoms with van der Waals surface area (Å²) in [6, 6.07) is 28.4. The molecule has 4 aromatic rings. The summed E-state index contributed by atoms with van der Waals surface area (Å²) in [5.74, 6) is 0.00585. The lowest BCUT2D eigenvalue weighted by molar-refractivity contribution is 0.0649. The molecule has 204 valence electrons. The summed E-state index contributed by atoms with van der Waals surface area (Å²) >= 11 is 0. The summed E-state index contributed by atoms with van der Waals surface area (Å²) in [6.07, 6.45) is 1.97. The number of amides is 2. The fourth-order valence-electron chi connectivity index (χ4n) is 6.15. The Morgan fingerprint density at radius 2 is 1.57 bits per heavy atom. The van der Waals surface area contributed by atoms with Gasteiger partial charge in [0.15, 0.2) is 0 Å². The maximum atomic E-state index is 14.0. The Morgan fingerprint density at radius 3 is 2.33 bits per heavy atom. The van der Waals surface area contributed by atoms with Gasteiger partial charge in [0.2, 0.25) is 0 Å². The third-order valence-electron chi connectivity index (χ3n) is 8.58. The van der Waals surface area contributed by atoms with Gasteiger partial charge in [0.05, 0.1) is 13.1 Å². The minimum atomic E-state index is -0.0406. The summed E-state index contributed by atoms with van der Waals surface area (Å²) in [6.45, 7) is 5.02. The van der Waals surface area contributed by atoms with Crippen LogP contribution in [0.5, 0.6) is 0 Å². The Bertz CT molecular complexity index is 1550. The van der Waals surface area contributed by atoms with E-state index in [0.29, 0.717) is 24.3 Å². The van der Waals surface area contributed by atoms with Crippen LogP contribution in [-0.2, 0) is 13.1 Å². The molecular formula is C34H36N4O2. The van der Waals surface area contributed by atoms with Crippen molar-refractivity contribution in [2.75, 3.05) is 32.1 Å². The molecule has 3 heterocycles. The van der Waals surface area contributed by atoms with Gasteiger partial charge in [-0.25, -0.2) is 0 Å². The van der Waals surface area contributed by atoms with Gasteiger partial charge in [-0.05, 0) is 92.5 Å². The maximum Gasteiger partial charge on any atom is 0.270 e. The molecular weight excluding hydrogens is 496 g/mol. The fourth-order valence-corrected chi connectivity index (χ4v) is 6.15. The van der Waals surface area contributed by atoms with Crippen LogP contribution in [0.25, 0.3) is 11.1 Å². The molecule has 0 N–H and O–H groups in total. The van der Waals surface area contributed by atoms with Crippen LogP contribution in [0.4, 0.5) is 5.69 Å². The third-order valence-corrected chi connectivity index (χ3v) is 8.58. The van der Waals surface area contributed by atoms with E-state index in [1.54, 1.807) is 0 Å². The van der Waals surface area contributed by atoms with Gasteiger partial charge in [0.1, 0.15) is 5.69 Å². The first-order valence-electron chi connectivity index (χ1n) is 14.1. The number of hydrogen-bond acceptors (Lipinski definition) is 3. The van der Waals surface area contributed by atoms with E-state index in [-0.39, 0.29) is 17.9 Å². The van der Waals surface area contributed by atoms with E-state index >= 15 is 0 Å². The molecule has 2 amide bonds. The Morgan fingerprint density at radius 1 is 0.850 bits per heavy atom. The zero-order valence-electron chi connectivity index (χ0n) is 23.5. The van der Waals surface area contributed by atoms with Crippen molar-refractivity contribution in [1.29, 1.82) is 0 Å². The van der Waals surface area contributed by atoms with Gasteiger partial charge >= 0.3 is 0 Å². The molecule has 6 heteroatoms. The lowest BCUT2D eigenvalue weighted by Gasteiger charge is -2.35. The molecule has 40 heavy (non-hydrogen) atoms. The van der Waals surface area contributed by atoms with Crippen molar-refractivity contribution in [3.63, 3.8) is 0 Å². The molecule has 0 radical (unpaired) electrons. The van der Waals surface area contributed by atoms with Crippen LogP contribution in [0.1, 0.15) is 50.5 Å². The molecule has 6 rings (SSSR count). The first kappa shape index (κ1) is 26.1. The SMILES string of the molecule is Cc1cc(C(=O)N2Cc3ccc(C(=O)N(C)C4CCN(C)CC4)n3Cc3ccccc32)ccc1-c1ccccc1. The molecule has 0 saturated carbocycles. The van der Waals surface area contributed by atoms with Crippen LogP contribution in [0.2, 0.25) is 0 Å². The highest BCUT2D eigenvalue weighted by Gasteiger charge is 2.30. The first-order valence-corrected chi connectivity index (χ1v) is 14.1. The molecule has 0 atom stereocenters. The first-order chi connectivity index (χ1) is 19.4. The summed E-state index contributed by atoms with van der Waals surface area (Å²) in [7, 11) is 4.06. The van der Waals surface area contributed by atoms with Crippen molar-refractivity contribution in [2.45, 2.75) is 38.9 Å². The Kier molecular flexibility index (Phi) is 7.03. The van der Waals surface area contributed by atoms with Crippen molar-refractivity contribution in [3.8, 4) is 11.1 Å². The van der Waals surface area contributed by atoms with Gasteiger partial charge in [-0.15, -0.1) is 0 Å². The second-order valence-electron chi connectivity index (χ2n) is 11.2. The van der Waals surface area contributed by atoms with E-state index in [9.17, 15) is 9.59 Å². The van der Waals surface area contributed by atoms with Gasteiger partial charge in [-0.1, -0.05) is 54.6 Å². The quantitative estimate of drug-likeness (QED) is 0.332. The van der Waals surface area contributed by atoms with E-state index in [0.717, 1.165) is 59.6 Å². The zero-order chi connectivity index (χ0) is 27.8. The Balaban J connectivity index is 1.31.